The van der Waals surface area contributed by atoms with Crippen molar-refractivity contribution in [3.63, 3.8) is 0 Å². The molecule has 0 bridgehead atoms. The van der Waals surface area contributed by atoms with Crippen molar-refractivity contribution >= 4 is 10.9 Å². The van der Waals surface area contributed by atoms with Crippen molar-refractivity contribution < 1.29 is 4.39 Å². The van der Waals surface area contributed by atoms with Crippen LogP contribution >= 0.6 is 0 Å². The fourth-order valence-corrected chi connectivity index (χ4v) is 2.10. The van der Waals surface area contributed by atoms with E-state index in [1.807, 2.05) is 19.1 Å². The summed E-state index contributed by atoms with van der Waals surface area (Å²) in [7, 11) is 0. The van der Waals surface area contributed by atoms with Crippen LogP contribution in [0.15, 0.2) is 24.3 Å². The second-order valence-electron chi connectivity index (χ2n) is 5.61. The summed E-state index contributed by atoms with van der Waals surface area (Å²) >= 11 is 0. The van der Waals surface area contributed by atoms with E-state index in [2.05, 4.69) is 18.8 Å². The zero-order valence-corrected chi connectivity index (χ0v) is 11.1. The second-order valence-corrected chi connectivity index (χ2v) is 5.61. The maximum absolute atomic E-state index is 13.8. The van der Waals surface area contributed by atoms with Crippen LogP contribution in [0.5, 0.6) is 0 Å². The molecule has 0 fully saturated rings. The first kappa shape index (κ1) is 13.0. The number of hydrogen-bond donors (Lipinski definition) is 1. The number of halogens is 1. The summed E-state index contributed by atoms with van der Waals surface area (Å²) in [5, 5.41) is 0.879. The number of hydrogen-bond acceptors (Lipinski definition) is 2. The standard InChI is InChI=1S/C15H19FN2/c1-10-7-11(8-15(2,3)9-17)18-14-12(10)5-4-6-13(14)16/h4-7H,8-9,17H2,1-3H3. The number of aryl methyl sites for hydroxylation is 1. The largest absolute Gasteiger partial charge is 0.330 e. The van der Waals surface area contributed by atoms with E-state index < -0.39 is 0 Å². The van der Waals surface area contributed by atoms with E-state index >= 15 is 0 Å². The van der Waals surface area contributed by atoms with Crippen molar-refractivity contribution in [2.75, 3.05) is 6.54 Å². The first-order valence-electron chi connectivity index (χ1n) is 6.18. The van der Waals surface area contributed by atoms with Crippen LogP contribution in [0.25, 0.3) is 10.9 Å². The second kappa shape index (κ2) is 4.65. The molecule has 0 spiro atoms. The van der Waals surface area contributed by atoms with Gasteiger partial charge in [-0.3, -0.25) is 0 Å². The molecule has 2 aromatic rings. The molecule has 1 heterocycles. The minimum Gasteiger partial charge on any atom is -0.330 e. The molecule has 3 heteroatoms. The SMILES string of the molecule is Cc1cc(CC(C)(C)CN)nc2c(F)cccc12. The van der Waals surface area contributed by atoms with Crippen molar-refractivity contribution in [1.29, 1.82) is 0 Å². The predicted molar refractivity (Wildman–Crippen MR) is 73.0 cm³/mol. The molecule has 0 saturated carbocycles. The molecule has 1 aromatic carbocycles. The summed E-state index contributed by atoms with van der Waals surface area (Å²) < 4.78 is 13.8. The summed E-state index contributed by atoms with van der Waals surface area (Å²) in [6, 6.07) is 7.10. The van der Waals surface area contributed by atoms with Gasteiger partial charge in [0.1, 0.15) is 11.3 Å². The molecule has 1 aromatic heterocycles. The lowest BCUT2D eigenvalue weighted by Gasteiger charge is -2.22. The highest BCUT2D eigenvalue weighted by atomic mass is 19.1. The Labute approximate surface area is 107 Å². The van der Waals surface area contributed by atoms with Crippen molar-refractivity contribution in [2.45, 2.75) is 27.2 Å². The topological polar surface area (TPSA) is 38.9 Å². The number of aromatic nitrogens is 1. The predicted octanol–water partition coefficient (Wildman–Crippen LogP) is 3.21. The Hall–Kier alpha value is -1.48. The third-order valence-corrected chi connectivity index (χ3v) is 3.26. The van der Waals surface area contributed by atoms with Gasteiger partial charge >= 0.3 is 0 Å². The maximum Gasteiger partial charge on any atom is 0.149 e. The summed E-state index contributed by atoms with van der Waals surface area (Å²) in [5.74, 6) is -0.261. The quantitative estimate of drug-likeness (QED) is 0.903. The molecule has 0 radical (unpaired) electrons. The lowest BCUT2D eigenvalue weighted by atomic mass is 9.87. The first-order valence-corrected chi connectivity index (χ1v) is 6.18. The van der Waals surface area contributed by atoms with Gasteiger partial charge < -0.3 is 5.73 Å². The fraction of sp³-hybridized carbons (Fsp3) is 0.400. The lowest BCUT2D eigenvalue weighted by molar-refractivity contribution is 0.373. The highest BCUT2D eigenvalue weighted by molar-refractivity contribution is 5.82. The van der Waals surface area contributed by atoms with Gasteiger partial charge in [0, 0.05) is 11.1 Å². The van der Waals surface area contributed by atoms with Gasteiger partial charge in [0.15, 0.2) is 0 Å². The number of rotatable bonds is 3. The average molecular weight is 246 g/mol. The molecule has 0 aliphatic carbocycles. The van der Waals surface area contributed by atoms with E-state index in [1.54, 1.807) is 6.07 Å². The summed E-state index contributed by atoms with van der Waals surface area (Å²) in [4.78, 5) is 4.44. The molecule has 0 aliphatic rings. The van der Waals surface area contributed by atoms with Gasteiger partial charge in [-0.05, 0) is 43.0 Å². The van der Waals surface area contributed by atoms with Crippen molar-refractivity contribution in [3.8, 4) is 0 Å². The third-order valence-electron chi connectivity index (χ3n) is 3.26. The van der Waals surface area contributed by atoms with Crippen LogP contribution in [0, 0.1) is 18.2 Å². The monoisotopic (exact) mass is 246 g/mol. The molecule has 2 rings (SSSR count). The van der Waals surface area contributed by atoms with Gasteiger partial charge in [-0.2, -0.15) is 0 Å². The minimum absolute atomic E-state index is 0.0155. The summed E-state index contributed by atoms with van der Waals surface area (Å²) in [6.45, 7) is 6.76. The number of benzene rings is 1. The van der Waals surface area contributed by atoms with Crippen molar-refractivity contribution in [2.24, 2.45) is 11.1 Å². The number of nitrogens with zero attached hydrogens (tertiary/aromatic N) is 1. The summed E-state index contributed by atoms with van der Waals surface area (Å²) in [6.07, 6.45) is 0.759. The summed E-state index contributed by atoms with van der Waals surface area (Å²) in [5.41, 5.74) is 8.14. The van der Waals surface area contributed by atoms with Crippen LogP contribution in [-0.4, -0.2) is 11.5 Å². The minimum atomic E-state index is -0.261. The van der Waals surface area contributed by atoms with E-state index in [0.717, 1.165) is 23.1 Å². The molecular weight excluding hydrogens is 227 g/mol. The highest BCUT2D eigenvalue weighted by Crippen LogP contribution is 2.24. The molecule has 0 aliphatic heterocycles. The van der Waals surface area contributed by atoms with Gasteiger partial charge in [-0.25, -0.2) is 9.37 Å². The van der Waals surface area contributed by atoms with Crippen LogP contribution in [-0.2, 0) is 6.42 Å². The zero-order chi connectivity index (χ0) is 13.3. The van der Waals surface area contributed by atoms with E-state index in [0.29, 0.717) is 12.1 Å². The van der Waals surface area contributed by atoms with Gasteiger partial charge in [-0.15, -0.1) is 0 Å². The van der Waals surface area contributed by atoms with Gasteiger partial charge in [0.2, 0.25) is 0 Å². The Morgan fingerprint density at radius 3 is 2.72 bits per heavy atom. The Balaban J connectivity index is 2.52. The van der Waals surface area contributed by atoms with Crippen LogP contribution in [0.2, 0.25) is 0 Å². The van der Waals surface area contributed by atoms with Gasteiger partial charge in [0.25, 0.3) is 0 Å². The molecular formula is C15H19FN2. The van der Waals surface area contributed by atoms with Crippen molar-refractivity contribution in [1.82, 2.24) is 4.98 Å². The molecule has 2 nitrogen and oxygen atoms in total. The van der Waals surface area contributed by atoms with Crippen LogP contribution < -0.4 is 5.73 Å². The highest BCUT2D eigenvalue weighted by Gasteiger charge is 2.18. The number of fused-ring (bicyclic) bond motifs is 1. The average Bonchev–Trinajstić information content (AvgIpc) is 2.30. The van der Waals surface area contributed by atoms with E-state index in [-0.39, 0.29) is 11.2 Å². The van der Waals surface area contributed by atoms with Crippen molar-refractivity contribution in [3.05, 3.63) is 41.3 Å². The first-order chi connectivity index (χ1) is 8.43. The Kier molecular flexibility index (Phi) is 3.35. The Morgan fingerprint density at radius 2 is 2.06 bits per heavy atom. The molecule has 18 heavy (non-hydrogen) atoms. The Morgan fingerprint density at radius 1 is 1.33 bits per heavy atom. The lowest BCUT2D eigenvalue weighted by Crippen LogP contribution is -2.26. The fourth-order valence-electron chi connectivity index (χ4n) is 2.10. The number of para-hydroxylation sites is 1. The normalized spacial score (nSPS) is 12.1. The third kappa shape index (κ3) is 2.51. The van der Waals surface area contributed by atoms with Crippen LogP contribution in [0.1, 0.15) is 25.1 Å². The number of pyridine rings is 1. The van der Waals surface area contributed by atoms with E-state index in [9.17, 15) is 4.39 Å². The zero-order valence-electron chi connectivity index (χ0n) is 11.1. The molecule has 0 saturated heterocycles. The molecule has 2 N–H and O–H groups in total. The van der Waals surface area contributed by atoms with E-state index in [4.69, 9.17) is 5.73 Å². The van der Waals surface area contributed by atoms with Gasteiger partial charge in [0.05, 0.1) is 0 Å². The molecule has 96 valence electrons. The van der Waals surface area contributed by atoms with Crippen LogP contribution in [0.4, 0.5) is 4.39 Å². The molecule has 0 amide bonds. The maximum atomic E-state index is 13.8. The Bertz CT molecular complexity index is 576. The van der Waals surface area contributed by atoms with Gasteiger partial charge in [-0.1, -0.05) is 26.0 Å². The van der Waals surface area contributed by atoms with Crippen LogP contribution in [0.3, 0.4) is 0 Å². The number of nitrogens with two attached hydrogens (primary N) is 1. The smallest absolute Gasteiger partial charge is 0.149 e. The molecule has 0 unspecified atom stereocenters. The van der Waals surface area contributed by atoms with E-state index in [1.165, 1.54) is 6.07 Å². The molecule has 0 atom stereocenters.